The average Bonchev–Trinajstić information content (AvgIpc) is 3.50. The number of nitrogens with zero attached hydrogens (tertiary/aromatic N) is 2. The summed E-state index contributed by atoms with van der Waals surface area (Å²) in [7, 11) is 0. The van der Waals surface area contributed by atoms with Crippen LogP contribution >= 0.6 is 27.3 Å². The van der Waals surface area contributed by atoms with E-state index in [9.17, 15) is 9.59 Å². The van der Waals surface area contributed by atoms with Crippen LogP contribution in [0.2, 0.25) is 0 Å². The Morgan fingerprint density at radius 1 is 0.884 bits per heavy atom. The molecule has 0 unspecified atom stereocenters. The Kier molecular flexibility index (Phi) is 9.15. The summed E-state index contributed by atoms with van der Waals surface area (Å²) >= 11 is 4.91. The molecule has 0 aliphatic carbocycles. The van der Waals surface area contributed by atoms with E-state index in [-0.39, 0.29) is 11.8 Å². The molecule has 1 saturated heterocycles. The molecule has 6 rings (SSSR count). The Bertz CT molecular complexity index is 1700. The summed E-state index contributed by atoms with van der Waals surface area (Å²) in [4.78, 5) is 33.8. The molecule has 3 heterocycles. The Balaban J connectivity index is 1.22. The van der Waals surface area contributed by atoms with Gasteiger partial charge < -0.3 is 15.5 Å². The van der Waals surface area contributed by atoms with Crippen LogP contribution in [0, 0.1) is 0 Å². The van der Waals surface area contributed by atoms with Gasteiger partial charge in [-0.2, -0.15) is 0 Å². The minimum Gasteiger partial charge on any atom is -0.379 e. The van der Waals surface area contributed by atoms with E-state index in [0.29, 0.717) is 48.7 Å². The van der Waals surface area contributed by atoms with Crippen molar-refractivity contribution in [1.82, 2.24) is 15.2 Å². The van der Waals surface area contributed by atoms with Crippen LogP contribution in [-0.4, -0.2) is 41.3 Å². The smallest absolute Gasteiger partial charge is 0.257 e. The Morgan fingerprint density at radius 2 is 1.58 bits per heavy atom. The highest BCUT2D eigenvalue weighted by Gasteiger charge is 2.28. The maximum Gasteiger partial charge on any atom is 0.257 e. The van der Waals surface area contributed by atoms with E-state index in [1.165, 1.54) is 16.9 Å². The molecule has 3 aromatic carbocycles. The van der Waals surface area contributed by atoms with Crippen molar-refractivity contribution >= 4 is 55.0 Å². The van der Waals surface area contributed by atoms with Crippen molar-refractivity contribution in [3.63, 3.8) is 0 Å². The second-order valence-electron chi connectivity index (χ2n) is 10.8. The van der Waals surface area contributed by atoms with Gasteiger partial charge in [-0.1, -0.05) is 88.7 Å². The first-order valence-electron chi connectivity index (χ1n) is 14.6. The molecule has 0 radical (unpaired) electrons. The van der Waals surface area contributed by atoms with Crippen molar-refractivity contribution in [3.05, 3.63) is 129 Å². The molecule has 1 fully saturated rings. The van der Waals surface area contributed by atoms with Crippen LogP contribution in [0.1, 0.15) is 56.2 Å². The zero-order chi connectivity index (χ0) is 29.6. The maximum absolute atomic E-state index is 13.9. The topological polar surface area (TPSA) is 74.3 Å². The highest BCUT2D eigenvalue weighted by molar-refractivity contribution is 9.10. The zero-order valence-corrected chi connectivity index (χ0v) is 26.2. The molecule has 0 saturated carbocycles. The van der Waals surface area contributed by atoms with Crippen molar-refractivity contribution in [3.8, 4) is 0 Å². The van der Waals surface area contributed by atoms with E-state index in [0.717, 1.165) is 45.2 Å². The van der Waals surface area contributed by atoms with E-state index >= 15 is 0 Å². The third-order valence-corrected chi connectivity index (χ3v) is 9.55. The second kappa shape index (κ2) is 13.5. The summed E-state index contributed by atoms with van der Waals surface area (Å²) < 4.78 is 1.85. The van der Waals surface area contributed by atoms with Crippen molar-refractivity contribution in [2.45, 2.75) is 31.7 Å². The van der Waals surface area contributed by atoms with Gasteiger partial charge in [-0.15, -0.1) is 11.3 Å². The van der Waals surface area contributed by atoms with Gasteiger partial charge >= 0.3 is 0 Å². The lowest BCUT2D eigenvalue weighted by molar-refractivity contribution is 0.0713. The van der Waals surface area contributed by atoms with Gasteiger partial charge in [0, 0.05) is 42.2 Å². The van der Waals surface area contributed by atoms with E-state index in [2.05, 4.69) is 67.9 Å². The predicted molar refractivity (Wildman–Crippen MR) is 178 cm³/mol. The zero-order valence-electron chi connectivity index (χ0n) is 23.8. The van der Waals surface area contributed by atoms with Gasteiger partial charge in [-0.05, 0) is 54.0 Å². The first kappa shape index (κ1) is 29.1. The highest BCUT2D eigenvalue weighted by atomic mass is 79.9. The number of halogens is 1. The number of piperidine rings is 1. The van der Waals surface area contributed by atoms with Crippen LogP contribution in [-0.2, 0) is 13.0 Å². The molecule has 0 atom stereocenters. The number of aromatic nitrogens is 1. The summed E-state index contributed by atoms with van der Waals surface area (Å²) in [5.41, 5.74) is 6.03. The SMILES string of the molecule is O=C(NCCc1ccc(Br)cc1)c1csc2c(NCc3ccccc3)c(C(=O)N3CCC(c4ccccc4)CC3)cnc12. The fraction of sp³-hybridized carbons (Fsp3) is 0.229. The van der Waals surface area contributed by atoms with Crippen LogP contribution in [0.25, 0.3) is 10.2 Å². The number of anilines is 1. The van der Waals surface area contributed by atoms with E-state index in [1.54, 1.807) is 6.20 Å². The van der Waals surface area contributed by atoms with Crippen LogP contribution in [0.3, 0.4) is 0 Å². The lowest BCUT2D eigenvalue weighted by atomic mass is 9.89. The van der Waals surface area contributed by atoms with Gasteiger partial charge in [-0.3, -0.25) is 14.6 Å². The molecule has 2 amide bonds. The molecule has 8 heteroatoms. The number of carbonyl (C=O) groups excluding carboxylic acids is 2. The summed E-state index contributed by atoms with van der Waals surface area (Å²) in [6.45, 7) is 2.48. The average molecular weight is 654 g/mol. The Labute approximate surface area is 264 Å². The standard InChI is InChI=1S/C35H33BrN4O2S/c36-28-13-11-24(12-14-28)15-18-37-34(41)30-23-43-33-31(38-21-25-7-3-1-4-8-25)29(22-39-32(30)33)35(42)40-19-16-27(17-20-40)26-9-5-2-6-10-26/h1-14,22-23,27H,15-21H2,(H,37,41)(H,38,39). The summed E-state index contributed by atoms with van der Waals surface area (Å²) in [6, 6.07) is 28.8. The molecule has 2 aromatic heterocycles. The van der Waals surface area contributed by atoms with Crippen LogP contribution in [0.5, 0.6) is 0 Å². The predicted octanol–water partition coefficient (Wildman–Crippen LogP) is 7.66. The lowest BCUT2D eigenvalue weighted by Crippen LogP contribution is -2.38. The number of nitrogens with one attached hydrogen (secondary N) is 2. The Morgan fingerprint density at radius 3 is 2.30 bits per heavy atom. The number of carbonyl (C=O) groups is 2. The molecule has 1 aliphatic heterocycles. The van der Waals surface area contributed by atoms with Crippen LogP contribution in [0.4, 0.5) is 5.69 Å². The quantitative estimate of drug-likeness (QED) is 0.171. The van der Waals surface area contributed by atoms with Gasteiger partial charge in [-0.25, -0.2) is 0 Å². The van der Waals surface area contributed by atoms with Gasteiger partial charge in [0.2, 0.25) is 0 Å². The number of pyridine rings is 1. The van der Waals surface area contributed by atoms with Crippen LogP contribution < -0.4 is 10.6 Å². The van der Waals surface area contributed by atoms with E-state index in [4.69, 9.17) is 0 Å². The summed E-state index contributed by atoms with van der Waals surface area (Å²) in [6.07, 6.45) is 4.24. The van der Waals surface area contributed by atoms with Crippen molar-refractivity contribution < 1.29 is 9.59 Å². The normalized spacial score (nSPS) is 13.7. The van der Waals surface area contributed by atoms with E-state index in [1.807, 2.05) is 58.8 Å². The van der Waals surface area contributed by atoms with Crippen molar-refractivity contribution in [2.24, 2.45) is 0 Å². The number of fused-ring (bicyclic) bond motifs is 1. The van der Waals surface area contributed by atoms with Gasteiger partial charge in [0.25, 0.3) is 11.8 Å². The first-order chi connectivity index (χ1) is 21.1. The van der Waals surface area contributed by atoms with E-state index < -0.39 is 0 Å². The van der Waals surface area contributed by atoms with Crippen molar-refractivity contribution in [2.75, 3.05) is 25.0 Å². The first-order valence-corrected chi connectivity index (χ1v) is 16.3. The minimum absolute atomic E-state index is 0.0228. The third-order valence-electron chi connectivity index (χ3n) is 8.04. The molecule has 5 aromatic rings. The Hall–Kier alpha value is -4.01. The molecule has 0 bridgehead atoms. The number of benzene rings is 3. The number of thiophene rings is 1. The molecule has 6 nitrogen and oxygen atoms in total. The highest BCUT2D eigenvalue weighted by Crippen LogP contribution is 2.36. The number of hydrogen-bond acceptors (Lipinski definition) is 5. The second-order valence-corrected chi connectivity index (χ2v) is 12.6. The number of hydrogen-bond donors (Lipinski definition) is 2. The molecular weight excluding hydrogens is 620 g/mol. The lowest BCUT2D eigenvalue weighted by Gasteiger charge is -2.32. The van der Waals surface area contributed by atoms with Gasteiger partial charge in [0.1, 0.15) is 0 Å². The third kappa shape index (κ3) is 6.81. The molecule has 218 valence electrons. The molecule has 0 spiro atoms. The fourth-order valence-electron chi connectivity index (χ4n) is 5.64. The largest absolute Gasteiger partial charge is 0.379 e. The van der Waals surface area contributed by atoms with Crippen LogP contribution in [0.15, 0.2) is 101 Å². The summed E-state index contributed by atoms with van der Waals surface area (Å²) in [5, 5.41) is 8.43. The molecule has 43 heavy (non-hydrogen) atoms. The number of rotatable bonds is 9. The number of amides is 2. The monoisotopic (exact) mass is 652 g/mol. The number of likely N-dealkylation sites (tertiary alicyclic amines) is 1. The fourth-order valence-corrected chi connectivity index (χ4v) is 6.93. The van der Waals surface area contributed by atoms with Gasteiger partial charge in [0.05, 0.1) is 27.0 Å². The summed E-state index contributed by atoms with van der Waals surface area (Å²) in [5.74, 6) is 0.279. The minimum atomic E-state index is -0.160. The molecular formula is C35H33BrN4O2S. The van der Waals surface area contributed by atoms with Crippen molar-refractivity contribution in [1.29, 1.82) is 0 Å². The van der Waals surface area contributed by atoms with Gasteiger partial charge in [0.15, 0.2) is 0 Å². The molecule has 2 N–H and O–H groups in total. The molecule has 1 aliphatic rings. The maximum atomic E-state index is 13.9.